The van der Waals surface area contributed by atoms with Crippen LogP contribution in [0, 0.1) is 0 Å². The topological polar surface area (TPSA) is 49.4 Å². The van der Waals surface area contributed by atoms with Gasteiger partial charge in [-0.2, -0.15) is 0 Å². The number of amides is 2. The zero-order valence-corrected chi connectivity index (χ0v) is 14.9. The van der Waals surface area contributed by atoms with E-state index in [1.54, 1.807) is 4.90 Å². The summed E-state index contributed by atoms with van der Waals surface area (Å²) in [6, 6.07) is 9.88. The smallest absolute Gasteiger partial charge is 0.241 e. The number of unbranched alkanes of at least 4 members (excludes halogenated alkanes) is 2. The monoisotopic (exact) mass is 350 g/mol. The molecule has 0 bridgehead atoms. The van der Waals surface area contributed by atoms with E-state index in [1.165, 1.54) is 11.8 Å². The van der Waals surface area contributed by atoms with Gasteiger partial charge in [0.25, 0.3) is 0 Å². The molecule has 2 amide bonds. The standard InChI is InChI=1S/C17H22N2O2S2/c1-13-16(21)19(17(22)23-13)11-7-3-6-10-15(20)18-12-14-8-4-2-5-9-14/h2,4-5,8-9,13H,3,6-7,10-12H2,1H3,(H,18,20). The predicted octanol–water partition coefficient (Wildman–Crippen LogP) is 3.11. The molecule has 1 saturated heterocycles. The summed E-state index contributed by atoms with van der Waals surface area (Å²) in [5, 5.41) is 2.87. The maximum absolute atomic E-state index is 11.9. The van der Waals surface area contributed by atoms with Crippen LogP contribution in [0.1, 0.15) is 38.2 Å². The average molecular weight is 351 g/mol. The highest BCUT2D eigenvalue weighted by molar-refractivity contribution is 8.24. The van der Waals surface area contributed by atoms with E-state index in [0.29, 0.717) is 23.8 Å². The van der Waals surface area contributed by atoms with Crippen LogP contribution in [-0.4, -0.2) is 32.8 Å². The van der Waals surface area contributed by atoms with Crippen LogP contribution in [0.5, 0.6) is 0 Å². The van der Waals surface area contributed by atoms with Crippen LogP contribution >= 0.6 is 24.0 Å². The molecule has 1 aliphatic heterocycles. The number of nitrogens with one attached hydrogen (secondary N) is 1. The Labute approximate surface area is 147 Å². The Balaban J connectivity index is 1.56. The molecule has 1 atom stereocenters. The summed E-state index contributed by atoms with van der Waals surface area (Å²) >= 11 is 6.65. The molecule has 0 aromatic heterocycles. The van der Waals surface area contributed by atoms with Crippen molar-refractivity contribution in [3.05, 3.63) is 35.9 Å². The molecule has 1 aromatic carbocycles. The van der Waals surface area contributed by atoms with E-state index in [2.05, 4.69) is 5.32 Å². The third-order valence-electron chi connectivity index (χ3n) is 3.73. The SMILES string of the molecule is CC1SC(=S)N(CCCCCC(=O)NCc2ccccc2)C1=O. The van der Waals surface area contributed by atoms with Crippen LogP contribution in [0.15, 0.2) is 30.3 Å². The molecular weight excluding hydrogens is 328 g/mol. The Morgan fingerprint density at radius 2 is 2.00 bits per heavy atom. The quantitative estimate of drug-likeness (QED) is 0.578. The van der Waals surface area contributed by atoms with Gasteiger partial charge in [-0.05, 0) is 25.3 Å². The number of carbonyl (C=O) groups is 2. The second kappa shape index (κ2) is 9.03. The van der Waals surface area contributed by atoms with Gasteiger partial charge in [0.15, 0.2) is 0 Å². The lowest BCUT2D eigenvalue weighted by atomic mass is 10.1. The lowest BCUT2D eigenvalue weighted by molar-refractivity contribution is -0.126. The molecule has 1 unspecified atom stereocenters. The zero-order valence-electron chi connectivity index (χ0n) is 13.3. The summed E-state index contributed by atoms with van der Waals surface area (Å²) in [5.74, 6) is 0.186. The van der Waals surface area contributed by atoms with E-state index in [1.807, 2.05) is 37.3 Å². The molecule has 6 heteroatoms. The van der Waals surface area contributed by atoms with E-state index < -0.39 is 0 Å². The largest absolute Gasteiger partial charge is 0.352 e. The molecule has 4 nitrogen and oxygen atoms in total. The molecule has 0 saturated carbocycles. The van der Waals surface area contributed by atoms with Crippen LogP contribution in [0.2, 0.25) is 0 Å². The number of carbonyl (C=O) groups excluding carboxylic acids is 2. The number of thiocarbonyl (C=S) groups is 1. The van der Waals surface area contributed by atoms with Gasteiger partial charge in [0, 0.05) is 19.5 Å². The first-order valence-electron chi connectivity index (χ1n) is 7.90. The maximum Gasteiger partial charge on any atom is 0.241 e. The summed E-state index contributed by atoms with van der Waals surface area (Å²) < 4.78 is 0.683. The van der Waals surface area contributed by atoms with Gasteiger partial charge in [-0.15, -0.1) is 0 Å². The van der Waals surface area contributed by atoms with Gasteiger partial charge in [0.05, 0.1) is 5.25 Å². The van der Waals surface area contributed by atoms with E-state index in [9.17, 15) is 9.59 Å². The van der Waals surface area contributed by atoms with Crippen molar-refractivity contribution in [3.63, 3.8) is 0 Å². The van der Waals surface area contributed by atoms with Crippen LogP contribution in [0.4, 0.5) is 0 Å². The van der Waals surface area contributed by atoms with Gasteiger partial charge in [-0.1, -0.05) is 60.7 Å². The fourth-order valence-corrected chi connectivity index (χ4v) is 3.85. The minimum atomic E-state index is -0.0498. The van der Waals surface area contributed by atoms with E-state index >= 15 is 0 Å². The van der Waals surface area contributed by atoms with Crippen molar-refractivity contribution in [2.75, 3.05) is 6.54 Å². The summed E-state index contributed by atoms with van der Waals surface area (Å²) in [7, 11) is 0. The number of benzene rings is 1. The number of rotatable bonds is 8. The second-order valence-corrected chi connectivity index (χ2v) is 7.56. The van der Waals surface area contributed by atoms with Crippen molar-refractivity contribution in [2.24, 2.45) is 0 Å². The second-order valence-electron chi connectivity index (χ2n) is 5.59. The third kappa shape index (κ3) is 5.62. The molecule has 124 valence electrons. The molecule has 1 N–H and O–H groups in total. The first kappa shape index (κ1) is 17.9. The molecule has 1 aliphatic rings. The maximum atomic E-state index is 11.9. The first-order valence-corrected chi connectivity index (χ1v) is 9.19. The van der Waals surface area contributed by atoms with Crippen molar-refractivity contribution in [1.29, 1.82) is 0 Å². The average Bonchev–Trinajstić information content (AvgIpc) is 2.79. The summed E-state index contributed by atoms with van der Waals surface area (Å²) in [5.41, 5.74) is 1.11. The fraction of sp³-hybridized carbons (Fsp3) is 0.471. The minimum absolute atomic E-state index is 0.0498. The van der Waals surface area contributed by atoms with Gasteiger partial charge < -0.3 is 5.32 Å². The van der Waals surface area contributed by atoms with Gasteiger partial charge in [-0.3, -0.25) is 14.5 Å². The number of hydrogen-bond acceptors (Lipinski definition) is 4. The fourth-order valence-electron chi connectivity index (χ4n) is 2.39. The molecule has 0 aliphatic carbocycles. The highest BCUT2D eigenvalue weighted by atomic mass is 32.2. The summed E-state index contributed by atoms with van der Waals surface area (Å²) in [6.45, 7) is 3.13. The third-order valence-corrected chi connectivity index (χ3v) is 5.22. The number of hydrogen-bond donors (Lipinski definition) is 1. The molecule has 2 rings (SSSR count). The molecule has 23 heavy (non-hydrogen) atoms. The lowest BCUT2D eigenvalue weighted by Gasteiger charge is -2.14. The van der Waals surface area contributed by atoms with E-state index in [-0.39, 0.29) is 17.1 Å². The van der Waals surface area contributed by atoms with Crippen molar-refractivity contribution < 1.29 is 9.59 Å². The zero-order chi connectivity index (χ0) is 16.7. The first-order chi connectivity index (χ1) is 11.1. The van der Waals surface area contributed by atoms with Crippen molar-refractivity contribution in [1.82, 2.24) is 10.2 Å². The Hall–Kier alpha value is -1.40. The Kier molecular flexibility index (Phi) is 7.05. The minimum Gasteiger partial charge on any atom is -0.352 e. The molecule has 0 radical (unpaired) electrons. The van der Waals surface area contributed by atoms with E-state index in [4.69, 9.17) is 12.2 Å². The van der Waals surface area contributed by atoms with E-state index in [0.717, 1.165) is 24.8 Å². The number of thioether (sulfide) groups is 1. The predicted molar refractivity (Wildman–Crippen MR) is 98.1 cm³/mol. The lowest BCUT2D eigenvalue weighted by Crippen LogP contribution is -2.31. The molecule has 1 fully saturated rings. The molecule has 1 aromatic rings. The molecular formula is C17H22N2O2S2. The number of nitrogens with zero attached hydrogens (tertiary/aromatic N) is 1. The van der Waals surface area contributed by atoms with Crippen LogP contribution in [0.25, 0.3) is 0 Å². The highest BCUT2D eigenvalue weighted by Crippen LogP contribution is 2.26. The van der Waals surface area contributed by atoms with Crippen molar-refractivity contribution in [2.45, 2.75) is 44.4 Å². The Morgan fingerprint density at radius 1 is 1.26 bits per heavy atom. The van der Waals surface area contributed by atoms with Gasteiger partial charge in [-0.25, -0.2) is 0 Å². The molecule has 0 spiro atoms. The van der Waals surface area contributed by atoms with Gasteiger partial charge in [0.1, 0.15) is 4.32 Å². The van der Waals surface area contributed by atoms with Crippen molar-refractivity contribution >= 4 is 40.1 Å². The van der Waals surface area contributed by atoms with Crippen LogP contribution in [-0.2, 0) is 16.1 Å². The van der Waals surface area contributed by atoms with Gasteiger partial charge in [0.2, 0.25) is 11.8 Å². The normalized spacial score (nSPS) is 17.6. The van der Waals surface area contributed by atoms with Crippen LogP contribution in [0.3, 0.4) is 0 Å². The summed E-state index contributed by atoms with van der Waals surface area (Å²) in [4.78, 5) is 25.3. The molecule has 1 heterocycles. The van der Waals surface area contributed by atoms with Crippen molar-refractivity contribution in [3.8, 4) is 0 Å². The Morgan fingerprint density at radius 3 is 2.65 bits per heavy atom. The Bertz CT molecular complexity index is 563. The van der Waals surface area contributed by atoms with Gasteiger partial charge >= 0.3 is 0 Å². The van der Waals surface area contributed by atoms with Crippen LogP contribution < -0.4 is 5.32 Å². The summed E-state index contributed by atoms with van der Waals surface area (Å²) in [6.07, 6.45) is 3.16. The highest BCUT2D eigenvalue weighted by Gasteiger charge is 2.32.